The van der Waals surface area contributed by atoms with E-state index >= 15 is 4.39 Å². The smallest absolute Gasteiger partial charge is 0.165 e. The first-order valence-corrected chi connectivity index (χ1v) is 14.7. The van der Waals surface area contributed by atoms with Crippen molar-refractivity contribution in [2.75, 3.05) is 59.0 Å². The zero-order chi connectivity index (χ0) is 29.4. The molecule has 0 saturated carbocycles. The van der Waals surface area contributed by atoms with Crippen molar-refractivity contribution < 1.29 is 23.7 Å². The number of halogens is 1. The van der Waals surface area contributed by atoms with Crippen LogP contribution >= 0.6 is 0 Å². The summed E-state index contributed by atoms with van der Waals surface area (Å²) in [5.41, 5.74) is 5.80. The highest BCUT2D eigenvalue weighted by molar-refractivity contribution is 5.61. The Hall–Kier alpha value is -3.29. The Balaban J connectivity index is 1.51. The molecule has 0 bridgehead atoms. The highest BCUT2D eigenvalue weighted by Crippen LogP contribution is 2.42. The molecule has 1 N–H and O–H groups in total. The van der Waals surface area contributed by atoms with Gasteiger partial charge in [0.25, 0.3) is 0 Å². The molecule has 0 radical (unpaired) electrons. The SMILES string of the molecule is CCN(c1cc(OC)ccc1[C@@H]1CCc2cc(O)ccc2C1)C(C)c1ccc(OCCN(C)CCCOC)c(F)c1. The lowest BCUT2D eigenvalue weighted by molar-refractivity contribution is 0.171. The Kier molecular flexibility index (Phi) is 10.9. The van der Waals surface area contributed by atoms with Crippen molar-refractivity contribution in [3.8, 4) is 17.2 Å². The van der Waals surface area contributed by atoms with Gasteiger partial charge in [0.05, 0.1) is 13.2 Å². The summed E-state index contributed by atoms with van der Waals surface area (Å²) in [7, 11) is 5.42. The van der Waals surface area contributed by atoms with Crippen molar-refractivity contribution in [2.45, 2.75) is 51.5 Å². The van der Waals surface area contributed by atoms with E-state index < -0.39 is 0 Å². The summed E-state index contributed by atoms with van der Waals surface area (Å²) in [6, 6.07) is 17.3. The molecule has 2 atom stereocenters. The minimum absolute atomic E-state index is 0.0610. The van der Waals surface area contributed by atoms with E-state index in [2.05, 4.69) is 35.8 Å². The Morgan fingerprint density at radius 2 is 1.83 bits per heavy atom. The predicted octanol–water partition coefficient (Wildman–Crippen LogP) is 6.75. The molecule has 0 heterocycles. The summed E-state index contributed by atoms with van der Waals surface area (Å²) in [5, 5.41) is 9.92. The third kappa shape index (κ3) is 7.72. The fraction of sp³-hybridized carbons (Fsp3) is 0.471. The highest BCUT2D eigenvalue weighted by atomic mass is 19.1. The summed E-state index contributed by atoms with van der Waals surface area (Å²) in [6.07, 6.45) is 3.81. The van der Waals surface area contributed by atoms with Crippen LogP contribution in [0.1, 0.15) is 60.9 Å². The molecule has 7 heteroatoms. The number of benzene rings is 3. The normalized spacial score (nSPS) is 15.4. The standard InChI is InChI=1S/C34H45FN2O4/c1-6-37(24(2)25-11-15-34(32(35)22-25)41-19-17-36(3)16-7-18-39-4)33-23-30(40-5)13-14-31(33)28-9-8-27-21-29(38)12-10-26(27)20-28/h10-15,21-24,28,38H,6-9,16-20H2,1-5H3/t24?,28-/m1/s1. The van der Waals surface area contributed by atoms with Gasteiger partial charge in [0, 0.05) is 45.1 Å². The number of methoxy groups -OCH3 is 2. The number of phenols is 1. The van der Waals surface area contributed by atoms with E-state index in [1.54, 1.807) is 32.4 Å². The number of hydrogen-bond donors (Lipinski definition) is 1. The lowest BCUT2D eigenvalue weighted by Crippen LogP contribution is -2.28. The zero-order valence-corrected chi connectivity index (χ0v) is 25.2. The van der Waals surface area contributed by atoms with Crippen molar-refractivity contribution in [3.05, 3.63) is 82.7 Å². The van der Waals surface area contributed by atoms with E-state index in [0.29, 0.717) is 18.3 Å². The van der Waals surface area contributed by atoms with Gasteiger partial charge in [0.15, 0.2) is 11.6 Å². The number of phenolic OH excluding ortho intramolecular Hbond substituents is 1. The van der Waals surface area contributed by atoms with Gasteiger partial charge < -0.3 is 29.1 Å². The largest absolute Gasteiger partial charge is 0.508 e. The Labute approximate surface area is 244 Å². The molecule has 0 saturated heterocycles. The second kappa shape index (κ2) is 14.6. The number of fused-ring (bicyclic) bond motifs is 1. The van der Waals surface area contributed by atoms with Crippen LogP contribution in [-0.4, -0.2) is 64.1 Å². The van der Waals surface area contributed by atoms with Gasteiger partial charge in [-0.05, 0) is 105 Å². The van der Waals surface area contributed by atoms with E-state index in [-0.39, 0.29) is 17.6 Å². The van der Waals surface area contributed by atoms with Crippen LogP contribution in [0.3, 0.4) is 0 Å². The summed E-state index contributed by atoms with van der Waals surface area (Å²) in [4.78, 5) is 4.49. The Bertz CT molecular complexity index is 1280. The van der Waals surface area contributed by atoms with Gasteiger partial charge in [-0.15, -0.1) is 0 Å². The molecule has 4 rings (SSSR count). The van der Waals surface area contributed by atoms with E-state index in [1.165, 1.54) is 16.7 Å². The average Bonchev–Trinajstić information content (AvgIpc) is 2.98. The number of nitrogens with zero attached hydrogens (tertiary/aromatic N) is 2. The first-order valence-electron chi connectivity index (χ1n) is 14.7. The fourth-order valence-electron chi connectivity index (χ4n) is 5.88. The molecular weight excluding hydrogens is 519 g/mol. The molecule has 222 valence electrons. The maximum atomic E-state index is 15.2. The number of aromatic hydroxyl groups is 1. The second-order valence-corrected chi connectivity index (χ2v) is 11.0. The van der Waals surface area contributed by atoms with Crippen LogP contribution in [0.15, 0.2) is 54.6 Å². The summed E-state index contributed by atoms with van der Waals surface area (Å²) in [6.45, 7) is 7.79. The maximum absolute atomic E-state index is 15.2. The van der Waals surface area contributed by atoms with E-state index in [1.807, 2.05) is 31.3 Å². The van der Waals surface area contributed by atoms with Crippen LogP contribution in [0.5, 0.6) is 17.2 Å². The predicted molar refractivity (Wildman–Crippen MR) is 163 cm³/mol. The molecule has 1 aliphatic carbocycles. The van der Waals surface area contributed by atoms with Crippen molar-refractivity contribution in [1.29, 1.82) is 0 Å². The van der Waals surface area contributed by atoms with Crippen molar-refractivity contribution in [2.24, 2.45) is 0 Å². The third-order valence-corrected chi connectivity index (χ3v) is 8.27. The maximum Gasteiger partial charge on any atom is 0.165 e. The average molecular weight is 565 g/mol. The van der Waals surface area contributed by atoms with Crippen LogP contribution in [0.25, 0.3) is 0 Å². The molecule has 0 amide bonds. The summed E-state index contributed by atoms with van der Waals surface area (Å²) in [5.74, 6) is 1.41. The van der Waals surface area contributed by atoms with Gasteiger partial charge in [-0.3, -0.25) is 0 Å². The number of likely N-dealkylation sites (N-methyl/N-ethyl adjacent to an activating group) is 1. The van der Waals surface area contributed by atoms with Crippen LogP contribution in [-0.2, 0) is 17.6 Å². The number of ether oxygens (including phenoxy) is 3. The van der Waals surface area contributed by atoms with E-state index in [9.17, 15) is 5.11 Å². The van der Waals surface area contributed by atoms with Gasteiger partial charge >= 0.3 is 0 Å². The lowest BCUT2D eigenvalue weighted by Gasteiger charge is -2.35. The number of aryl methyl sites for hydroxylation is 1. The van der Waals surface area contributed by atoms with Gasteiger partial charge in [-0.2, -0.15) is 0 Å². The molecule has 1 aliphatic rings. The monoisotopic (exact) mass is 564 g/mol. The molecule has 0 aliphatic heterocycles. The van der Waals surface area contributed by atoms with Crippen molar-refractivity contribution in [3.63, 3.8) is 0 Å². The fourth-order valence-corrected chi connectivity index (χ4v) is 5.88. The van der Waals surface area contributed by atoms with Gasteiger partial charge in [0.2, 0.25) is 0 Å². The van der Waals surface area contributed by atoms with Crippen LogP contribution < -0.4 is 14.4 Å². The molecular formula is C34H45FN2O4. The molecule has 0 fully saturated rings. The third-order valence-electron chi connectivity index (χ3n) is 8.27. The Morgan fingerprint density at radius 1 is 1.00 bits per heavy atom. The lowest BCUT2D eigenvalue weighted by atomic mass is 9.79. The topological polar surface area (TPSA) is 54.4 Å². The molecule has 1 unspecified atom stereocenters. The molecule has 0 aromatic heterocycles. The molecule has 41 heavy (non-hydrogen) atoms. The van der Waals surface area contributed by atoms with E-state index in [0.717, 1.165) is 68.9 Å². The summed E-state index contributed by atoms with van der Waals surface area (Å²) < 4.78 is 31.7. The molecule has 3 aromatic carbocycles. The molecule has 6 nitrogen and oxygen atoms in total. The number of hydrogen-bond acceptors (Lipinski definition) is 6. The van der Waals surface area contributed by atoms with Crippen molar-refractivity contribution in [1.82, 2.24) is 4.90 Å². The second-order valence-electron chi connectivity index (χ2n) is 11.0. The first-order chi connectivity index (χ1) is 19.8. The number of anilines is 1. The van der Waals surface area contributed by atoms with E-state index in [4.69, 9.17) is 14.2 Å². The quantitative estimate of drug-likeness (QED) is 0.219. The Morgan fingerprint density at radius 3 is 2.56 bits per heavy atom. The van der Waals surface area contributed by atoms with Crippen LogP contribution in [0, 0.1) is 5.82 Å². The number of rotatable bonds is 14. The van der Waals surface area contributed by atoms with Gasteiger partial charge in [-0.1, -0.05) is 18.2 Å². The van der Waals surface area contributed by atoms with Crippen LogP contribution in [0.4, 0.5) is 10.1 Å². The minimum atomic E-state index is -0.342. The van der Waals surface area contributed by atoms with Gasteiger partial charge in [0.1, 0.15) is 18.1 Å². The highest BCUT2D eigenvalue weighted by Gasteiger charge is 2.27. The minimum Gasteiger partial charge on any atom is -0.508 e. The molecule has 0 spiro atoms. The summed E-state index contributed by atoms with van der Waals surface area (Å²) >= 11 is 0. The molecule has 3 aromatic rings. The first kappa shape index (κ1) is 30.7. The van der Waals surface area contributed by atoms with Crippen LogP contribution in [0.2, 0.25) is 0 Å². The van der Waals surface area contributed by atoms with Gasteiger partial charge in [-0.25, -0.2) is 4.39 Å². The van der Waals surface area contributed by atoms with Crippen molar-refractivity contribution >= 4 is 5.69 Å². The zero-order valence-electron chi connectivity index (χ0n) is 25.2.